The van der Waals surface area contributed by atoms with Crippen molar-refractivity contribution in [2.75, 3.05) is 13.2 Å². The Balaban J connectivity index is 2.01. The van der Waals surface area contributed by atoms with Gasteiger partial charge < -0.3 is 14.6 Å². The van der Waals surface area contributed by atoms with E-state index >= 15 is 0 Å². The molecular weight excluding hydrogens is 292 g/mol. The zero-order chi connectivity index (χ0) is 15.2. The first-order valence-electron chi connectivity index (χ1n) is 6.39. The summed E-state index contributed by atoms with van der Waals surface area (Å²) in [5.41, 5.74) is 3.39. The van der Waals surface area contributed by atoms with Crippen LogP contribution in [0.25, 0.3) is 10.2 Å². The molecule has 0 spiro atoms. The summed E-state index contributed by atoms with van der Waals surface area (Å²) in [5, 5.41) is 6.40. The van der Waals surface area contributed by atoms with E-state index in [4.69, 9.17) is 4.74 Å². The normalized spacial score (nSPS) is 11.4. The average Bonchev–Trinajstić information content (AvgIpc) is 2.80. The topological polar surface area (TPSA) is 84.7 Å². The summed E-state index contributed by atoms with van der Waals surface area (Å²) in [6, 6.07) is 7.30. The summed E-state index contributed by atoms with van der Waals surface area (Å²) >= 11 is 1.46. The number of carbonyl (C=O) groups is 2. The molecule has 2 aromatic rings. The van der Waals surface area contributed by atoms with Crippen LogP contribution in [0.15, 0.2) is 29.4 Å². The summed E-state index contributed by atoms with van der Waals surface area (Å²) in [7, 11) is 1.87. The fourth-order valence-corrected chi connectivity index (χ4v) is 2.67. The second-order valence-corrected chi connectivity index (χ2v) is 5.13. The number of nitrogens with one attached hydrogen (secondary N) is 2. The van der Waals surface area contributed by atoms with Crippen molar-refractivity contribution in [3.63, 3.8) is 0 Å². The minimum absolute atomic E-state index is 0.187. The largest absolute Gasteiger partial charge is 0.465 e. The predicted molar refractivity (Wildman–Crippen MR) is 79.5 cm³/mol. The molecule has 2 amide bonds. The van der Waals surface area contributed by atoms with Gasteiger partial charge >= 0.3 is 12.0 Å². The fraction of sp³-hybridized carbons (Fsp3) is 0.308. The Hall–Kier alpha value is -2.35. The standard InChI is InChI=1S/C13H16N4O3S/c1-3-20-11(18)8-14-12(19)15-16-13-17(2)9-6-4-5-7-10(9)21-13/h4-7H,3,8H2,1-2H3,(H2,14,15,19)/b16-13+. The van der Waals surface area contributed by atoms with E-state index in [1.54, 1.807) is 6.92 Å². The van der Waals surface area contributed by atoms with Crippen LogP contribution in [0.2, 0.25) is 0 Å². The molecule has 0 bridgehead atoms. The van der Waals surface area contributed by atoms with Gasteiger partial charge in [0.25, 0.3) is 0 Å². The summed E-state index contributed by atoms with van der Waals surface area (Å²) in [6.45, 7) is 1.80. The maximum Gasteiger partial charge on any atom is 0.335 e. The van der Waals surface area contributed by atoms with Crippen LogP contribution in [0.5, 0.6) is 0 Å². The van der Waals surface area contributed by atoms with Crippen LogP contribution in [0.4, 0.5) is 4.79 Å². The molecule has 8 heteroatoms. The number of amides is 2. The molecule has 0 saturated heterocycles. The van der Waals surface area contributed by atoms with Crippen LogP contribution in [-0.2, 0) is 16.6 Å². The zero-order valence-electron chi connectivity index (χ0n) is 11.8. The molecule has 0 radical (unpaired) electrons. The van der Waals surface area contributed by atoms with Crippen LogP contribution < -0.4 is 15.5 Å². The molecule has 0 fully saturated rings. The number of nitrogens with zero attached hydrogens (tertiary/aromatic N) is 2. The first-order chi connectivity index (χ1) is 10.1. The molecule has 1 aromatic heterocycles. The summed E-state index contributed by atoms with van der Waals surface area (Å²) in [5.74, 6) is -0.486. The molecule has 0 atom stereocenters. The second kappa shape index (κ2) is 6.89. The van der Waals surface area contributed by atoms with Crippen molar-refractivity contribution in [3.05, 3.63) is 29.1 Å². The molecule has 7 nitrogen and oxygen atoms in total. The summed E-state index contributed by atoms with van der Waals surface area (Å²) in [4.78, 5) is 23.3. The zero-order valence-corrected chi connectivity index (χ0v) is 12.6. The van der Waals surface area contributed by atoms with Crippen molar-refractivity contribution in [2.45, 2.75) is 6.92 Å². The van der Waals surface area contributed by atoms with E-state index in [0.717, 1.165) is 10.2 Å². The Morgan fingerprint density at radius 2 is 2.14 bits per heavy atom. The van der Waals surface area contributed by atoms with E-state index in [0.29, 0.717) is 4.80 Å². The molecule has 0 aliphatic carbocycles. The highest BCUT2D eigenvalue weighted by Gasteiger charge is 2.05. The number of thiazole rings is 1. The third kappa shape index (κ3) is 3.82. The average molecular weight is 308 g/mol. The minimum Gasteiger partial charge on any atom is -0.465 e. The number of hydrogen-bond donors (Lipinski definition) is 2. The number of ether oxygens (including phenoxy) is 1. The van der Waals surface area contributed by atoms with Gasteiger partial charge in [-0.25, -0.2) is 10.2 Å². The van der Waals surface area contributed by atoms with E-state index in [-0.39, 0.29) is 13.2 Å². The highest BCUT2D eigenvalue weighted by molar-refractivity contribution is 7.16. The van der Waals surface area contributed by atoms with Gasteiger partial charge in [0.2, 0.25) is 4.80 Å². The molecule has 0 aliphatic heterocycles. The third-order valence-corrected chi connectivity index (χ3v) is 3.78. The molecule has 0 aliphatic rings. The lowest BCUT2D eigenvalue weighted by Crippen LogP contribution is -2.37. The van der Waals surface area contributed by atoms with E-state index in [1.807, 2.05) is 35.9 Å². The lowest BCUT2D eigenvalue weighted by Gasteiger charge is -2.03. The summed E-state index contributed by atoms with van der Waals surface area (Å²) < 4.78 is 7.66. The predicted octanol–water partition coefficient (Wildman–Crippen LogP) is 0.918. The number of esters is 1. The van der Waals surface area contributed by atoms with Gasteiger partial charge in [0.15, 0.2) is 0 Å². The first kappa shape index (κ1) is 15.0. The van der Waals surface area contributed by atoms with Gasteiger partial charge in [0, 0.05) is 7.05 Å². The van der Waals surface area contributed by atoms with E-state index in [2.05, 4.69) is 15.8 Å². The van der Waals surface area contributed by atoms with Crippen molar-refractivity contribution >= 4 is 33.6 Å². The minimum atomic E-state index is -0.555. The smallest absolute Gasteiger partial charge is 0.335 e. The molecule has 2 N–H and O–H groups in total. The molecular formula is C13H16N4O3S. The van der Waals surface area contributed by atoms with Gasteiger partial charge in [-0.1, -0.05) is 23.5 Å². The van der Waals surface area contributed by atoms with Crippen LogP contribution in [0.1, 0.15) is 6.92 Å². The number of benzene rings is 1. The lowest BCUT2D eigenvalue weighted by atomic mass is 10.3. The van der Waals surface area contributed by atoms with Gasteiger partial charge in [-0.05, 0) is 19.1 Å². The Kier molecular flexibility index (Phi) is 4.94. The summed E-state index contributed by atoms with van der Waals surface area (Å²) in [6.07, 6.45) is 0. The van der Waals surface area contributed by atoms with Crippen molar-refractivity contribution in [1.29, 1.82) is 0 Å². The number of carbonyl (C=O) groups excluding carboxylic acids is 2. The Labute approximate surface area is 125 Å². The van der Waals surface area contributed by atoms with E-state index < -0.39 is 12.0 Å². The van der Waals surface area contributed by atoms with Gasteiger partial charge in [0.1, 0.15) is 6.54 Å². The van der Waals surface area contributed by atoms with Crippen molar-refractivity contribution in [2.24, 2.45) is 12.1 Å². The van der Waals surface area contributed by atoms with Crippen LogP contribution >= 0.6 is 11.3 Å². The highest BCUT2D eigenvalue weighted by Crippen LogP contribution is 2.14. The molecule has 2 rings (SSSR count). The maximum atomic E-state index is 11.5. The van der Waals surface area contributed by atoms with E-state index in [9.17, 15) is 9.59 Å². The SMILES string of the molecule is CCOC(=O)CNC(=O)N/N=c1/sc2ccccc2n1C. The Bertz CT molecular complexity index is 720. The molecule has 1 heterocycles. The third-order valence-electron chi connectivity index (χ3n) is 2.67. The van der Waals surface area contributed by atoms with Gasteiger partial charge in [0.05, 0.1) is 16.8 Å². The van der Waals surface area contributed by atoms with Crippen LogP contribution in [0.3, 0.4) is 0 Å². The number of aromatic nitrogens is 1. The fourth-order valence-electron chi connectivity index (χ4n) is 1.69. The van der Waals surface area contributed by atoms with Crippen molar-refractivity contribution < 1.29 is 14.3 Å². The van der Waals surface area contributed by atoms with Crippen LogP contribution in [-0.4, -0.2) is 29.7 Å². The second-order valence-electron chi connectivity index (χ2n) is 4.12. The van der Waals surface area contributed by atoms with Crippen LogP contribution in [0, 0.1) is 0 Å². The molecule has 0 saturated carbocycles. The highest BCUT2D eigenvalue weighted by atomic mass is 32.1. The van der Waals surface area contributed by atoms with Crippen molar-refractivity contribution in [1.82, 2.24) is 15.3 Å². The van der Waals surface area contributed by atoms with E-state index in [1.165, 1.54) is 11.3 Å². The maximum absolute atomic E-state index is 11.5. The number of urea groups is 1. The lowest BCUT2D eigenvalue weighted by molar-refractivity contribution is -0.141. The molecule has 21 heavy (non-hydrogen) atoms. The molecule has 112 valence electrons. The number of aryl methyl sites for hydroxylation is 1. The number of para-hydroxylation sites is 1. The molecule has 1 aromatic carbocycles. The Morgan fingerprint density at radius 1 is 1.38 bits per heavy atom. The Morgan fingerprint density at radius 3 is 2.86 bits per heavy atom. The number of fused-ring (bicyclic) bond motifs is 1. The van der Waals surface area contributed by atoms with Gasteiger partial charge in [-0.2, -0.15) is 0 Å². The molecule has 0 unspecified atom stereocenters. The number of rotatable bonds is 4. The van der Waals surface area contributed by atoms with Gasteiger partial charge in [-0.15, -0.1) is 5.10 Å². The first-order valence-corrected chi connectivity index (χ1v) is 7.21. The van der Waals surface area contributed by atoms with Gasteiger partial charge in [-0.3, -0.25) is 4.79 Å². The monoisotopic (exact) mass is 308 g/mol. The number of hydrogen-bond acceptors (Lipinski definition) is 5. The quantitative estimate of drug-likeness (QED) is 0.650. The van der Waals surface area contributed by atoms with Crippen molar-refractivity contribution in [3.8, 4) is 0 Å².